The van der Waals surface area contributed by atoms with Crippen LogP contribution in [0.3, 0.4) is 0 Å². The van der Waals surface area contributed by atoms with E-state index in [-0.39, 0.29) is 17.3 Å². The van der Waals surface area contributed by atoms with Gasteiger partial charge in [0.05, 0.1) is 18.5 Å². The average Bonchev–Trinajstić information content (AvgIpc) is 2.95. The number of hydrogen-bond donors (Lipinski definition) is 1. The number of aromatic nitrogens is 2. The van der Waals surface area contributed by atoms with Crippen molar-refractivity contribution >= 4 is 15.9 Å². The number of nitrogens with one attached hydrogen (secondary N) is 1. The molecule has 1 aromatic heterocycles. The molecule has 0 unspecified atom stereocenters. The summed E-state index contributed by atoms with van der Waals surface area (Å²) >= 11 is 0. The number of methoxy groups -OCH3 is 1. The molecule has 2 aromatic rings. The van der Waals surface area contributed by atoms with Crippen LogP contribution in [0.5, 0.6) is 5.75 Å². The lowest BCUT2D eigenvalue weighted by Crippen LogP contribution is -2.31. The maximum atomic E-state index is 12.9. The van der Waals surface area contributed by atoms with Crippen molar-refractivity contribution in [3.05, 3.63) is 41.2 Å². The number of amides is 1. The van der Waals surface area contributed by atoms with Crippen molar-refractivity contribution in [1.82, 2.24) is 19.4 Å². The summed E-state index contributed by atoms with van der Waals surface area (Å²) in [5.74, 6) is 0.507. The van der Waals surface area contributed by atoms with E-state index in [4.69, 9.17) is 4.74 Å². The minimum Gasteiger partial charge on any atom is -0.497 e. The highest BCUT2D eigenvalue weighted by molar-refractivity contribution is 7.89. The van der Waals surface area contributed by atoms with Gasteiger partial charge in [0, 0.05) is 19.6 Å². The molecule has 0 aliphatic heterocycles. The molecule has 2 rings (SSSR count). The summed E-state index contributed by atoms with van der Waals surface area (Å²) < 4.78 is 33.7. The highest BCUT2D eigenvalue weighted by Gasteiger charge is 2.29. The first-order chi connectivity index (χ1) is 13.2. The fourth-order valence-corrected chi connectivity index (χ4v) is 4.87. The second-order valence-electron chi connectivity index (χ2n) is 6.37. The second kappa shape index (κ2) is 9.20. The number of carbonyl (C=O) groups excluding carboxylic acids is 1. The third kappa shape index (κ3) is 4.71. The highest BCUT2D eigenvalue weighted by Crippen LogP contribution is 2.23. The van der Waals surface area contributed by atoms with Crippen LogP contribution in [0, 0.1) is 13.8 Å². The zero-order valence-electron chi connectivity index (χ0n) is 17.0. The molecule has 0 bridgehead atoms. The van der Waals surface area contributed by atoms with Crippen LogP contribution in [0.25, 0.3) is 0 Å². The van der Waals surface area contributed by atoms with Gasteiger partial charge >= 0.3 is 0 Å². The Labute approximate surface area is 166 Å². The molecule has 0 saturated heterocycles. The van der Waals surface area contributed by atoms with Crippen molar-refractivity contribution in [3.63, 3.8) is 0 Å². The van der Waals surface area contributed by atoms with Crippen molar-refractivity contribution in [2.24, 2.45) is 0 Å². The second-order valence-corrected chi connectivity index (χ2v) is 8.25. The summed E-state index contributed by atoms with van der Waals surface area (Å²) in [5, 5.41) is 7.10. The van der Waals surface area contributed by atoms with Crippen LogP contribution in [-0.4, -0.2) is 48.6 Å². The highest BCUT2D eigenvalue weighted by atomic mass is 32.2. The normalized spacial score (nSPS) is 11.6. The van der Waals surface area contributed by atoms with E-state index in [9.17, 15) is 13.2 Å². The molecule has 0 aliphatic rings. The van der Waals surface area contributed by atoms with E-state index in [0.717, 1.165) is 11.3 Å². The summed E-state index contributed by atoms with van der Waals surface area (Å²) in [5.41, 5.74) is 1.80. The molecule has 9 heteroatoms. The van der Waals surface area contributed by atoms with Crippen molar-refractivity contribution in [2.75, 3.05) is 20.2 Å². The summed E-state index contributed by atoms with van der Waals surface area (Å²) in [6.07, 6.45) is 0. The van der Waals surface area contributed by atoms with Gasteiger partial charge in [-0.3, -0.25) is 9.48 Å². The van der Waals surface area contributed by atoms with Gasteiger partial charge in [-0.25, -0.2) is 8.42 Å². The quantitative estimate of drug-likeness (QED) is 0.684. The average molecular weight is 409 g/mol. The maximum absolute atomic E-state index is 12.9. The molecule has 28 heavy (non-hydrogen) atoms. The zero-order valence-corrected chi connectivity index (χ0v) is 17.8. The molecule has 0 atom stereocenters. The Bertz CT molecular complexity index is 916. The molecular formula is C19H28N4O4S. The fraction of sp³-hybridized carbons (Fsp3) is 0.474. The van der Waals surface area contributed by atoms with E-state index in [1.165, 1.54) is 8.99 Å². The van der Waals surface area contributed by atoms with Crippen molar-refractivity contribution in [1.29, 1.82) is 0 Å². The Kier molecular flexibility index (Phi) is 7.20. The van der Waals surface area contributed by atoms with Crippen LogP contribution >= 0.6 is 0 Å². The van der Waals surface area contributed by atoms with Gasteiger partial charge in [0.25, 0.3) is 0 Å². The number of nitrogens with zero attached hydrogens (tertiary/aromatic N) is 3. The standard InChI is InChI=1S/C19H28N4O4S/c1-6-22(7-2)28(25,26)19-14(3)21-23(15(19)4)13-18(24)20-12-16-8-10-17(27-5)11-9-16/h8-11H,6-7,12-13H2,1-5H3,(H,20,24). The topological polar surface area (TPSA) is 93.5 Å². The molecule has 0 aliphatic carbocycles. The Hall–Kier alpha value is -2.39. The molecule has 154 valence electrons. The SMILES string of the molecule is CCN(CC)S(=O)(=O)c1c(C)nn(CC(=O)NCc2ccc(OC)cc2)c1C. The Morgan fingerprint density at radius 3 is 2.32 bits per heavy atom. The Morgan fingerprint density at radius 2 is 1.79 bits per heavy atom. The van der Waals surface area contributed by atoms with E-state index in [1.54, 1.807) is 34.8 Å². The number of benzene rings is 1. The summed E-state index contributed by atoms with van der Waals surface area (Å²) in [6.45, 7) is 7.99. The van der Waals surface area contributed by atoms with Crippen LogP contribution in [0.1, 0.15) is 30.8 Å². The van der Waals surface area contributed by atoms with Crippen molar-refractivity contribution < 1.29 is 17.9 Å². The lowest BCUT2D eigenvalue weighted by Gasteiger charge is -2.18. The van der Waals surface area contributed by atoms with Gasteiger partial charge in [-0.2, -0.15) is 9.40 Å². The molecule has 0 spiro atoms. The van der Waals surface area contributed by atoms with Gasteiger partial charge in [0.2, 0.25) is 15.9 Å². The minimum absolute atomic E-state index is 0.0450. The molecule has 0 fully saturated rings. The van der Waals surface area contributed by atoms with E-state index < -0.39 is 10.0 Å². The summed E-state index contributed by atoms with van der Waals surface area (Å²) in [4.78, 5) is 12.5. The summed E-state index contributed by atoms with van der Waals surface area (Å²) in [7, 11) is -2.04. The first-order valence-electron chi connectivity index (χ1n) is 9.18. The van der Waals surface area contributed by atoms with E-state index in [1.807, 2.05) is 24.3 Å². The molecule has 0 saturated carbocycles. The van der Waals surface area contributed by atoms with E-state index in [0.29, 0.717) is 31.0 Å². The van der Waals surface area contributed by atoms with E-state index in [2.05, 4.69) is 10.4 Å². The first-order valence-corrected chi connectivity index (χ1v) is 10.6. The lowest BCUT2D eigenvalue weighted by atomic mass is 10.2. The molecule has 1 heterocycles. The fourth-order valence-electron chi connectivity index (χ4n) is 3.04. The minimum atomic E-state index is -3.63. The monoisotopic (exact) mass is 408 g/mol. The smallest absolute Gasteiger partial charge is 0.246 e. The van der Waals surface area contributed by atoms with Gasteiger partial charge in [-0.1, -0.05) is 26.0 Å². The number of hydrogen-bond acceptors (Lipinski definition) is 5. The van der Waals surface area contributed by atoms with Gasteiger partial charge < -0.3 is 10.1 Å². The molecule has 8 nitrogen and oxygen atoms in total. The van der Waals surface area contributed by atoms with E-state index >= 15 is 0 Å². The van der Waals surface area contributed by atoms with Gasteiger partial charge in [-0.15, -0.1) is 0 Å². The maximum Gasteiger partial charge on any atom is 0.246 e. The molecule has 1 amide bonds. The van der Waals surface area contributed by atoms with Crippen LogP contribution in [0.2, 0.25) is 0 Å². The van der Waals surface area contributed by atoms with Crippen LogP contribution < -0.4 is 10.1 Å². The van der Waals surface area contributed by atoms with Crippen LogP contribution in [-0.2, 0) is 27.9 Å². The van der Waals surface area contributed by atoms with Crippen LogP contribution in [0.15, 0.2) is 29.2 Å². The third-order valence-corrected chi connectivity index (χ3v) is 6.86. The molecule has 0 radical (unpaired) electrons. The predicted octanol–water partition coefficient (Wildman–Crippen LogP) is 1.86. The van der Waals surface area contributed by atoms with Gasteiger partial charge in [0.15, 0.2) is 0 Å². The number of carbonyl (C=O) groups is 1. The largest absolute Gasteiger partial charge is 0.497 e. The van der Waals surface area contributed by atoms with Crippen molar-refractivity contribution in [2.45, 2.75) is 45.7 Å². The number of ether oxygens (including phenoxy) is 1. The Morgan fingerprint density at radius 1 is 1.18 bits per heavy atom. The van der Waals surface area contributed by atoms with Gasteiger partial charge in [-0.05, 0) is 31.5 Å². The zero-order chi connectivity index (χ0) is 20.9. The van der Waals surface area contributed by atoms with Crippen LogP contribution in [0.4, 0.5) is 0 Å². The third-order valence-electron chi connectivity index (χ3n) is 4.56. The Balaban J connectivity index is 2.11. The van der Waals surface area contributed by atoms with Crippen molar-refractivity contribution in [3.8, 4) is 5.75 Å². The first kappa shape index (κ1) is 21.9. The molecule has 1 aromatic carbocycles. The lowest BCUT2D eigenvalue weighted by molar-refractivity contribution is -0.122. The predicted molar refractivity (Wildman–Crippen MR) is 107 cm³/mol. The number of aryl methyl sites for hydroxylation is 1. The molecular weight excluding hydrogens is 380 g/mol. The molecule has 1 N–H and O–H groups in total. The number of sulfonamides is 1. The summed E-state index contributed by atoms with van der Waals surface area (Å²) in [6, 6.07) is 7.40. The van der Waals surface area contributed by atoms with Gasteiger partial charge in [0.1, 0.15) is 17.2 Å². The number of rotatable bonds is 9.